The fourth-order valence-electron chi connectivity index (χ4n) is 4.61. The van der Waals surface area contributed by atoms with Crippen LogP contribution in [0.5, 0.6) is 11.5 Å². The molecule has 2 atom stereocenters. The van der Waals surface area contributed by atoms with E-state index in [2.05, 4.69) is 27.3 Å². The number of carbonyl (C=O) groups excluding carboxylic acids is 2. The van der Waals surface area contributed by atoms with Crippen molar-refractivity contribution in [3.8, 4) is 11.5 Å². The average molecular weight is 502 g/mol. The first kappa shape index (κ1) is 20.3. The van der Waals surface area contributed by atoms with Gasteiger partial charge in [-0.15, -0.1) is 11.3 Å². The molecule has 1 aromatic heterocycles. The molecule has 2 aromatic rings. The zero-order valence-electron chi connectivity index (χ0n) is 17.0. The van der Waals surface area contributed by atoms with E-state index in [0.717, 1.165) is 15.7 Å². The summed E-state index contributed by atoms with van der Waals surface area (Å²) in [5, 5.41) is 5.38. The van der Waals surface area contributed by atoms with Crippen molar-refractivity contribution in [3.05, 3.63) is 67.1 Å². The molecule has 3 heterocycles. The summed E-state index contributed by atoms with van der Waals surface area (Å²) < 4.78 is 16.9. The van der Waals surface area contributed by atoms with Gasteiger partial charge in [-0.1, -0.05) is 22.0 Å². The fourth-order valence-corrected chi connectivity index (χ4v) is 5.99. The SMILES string of the molecule is COC(=O)C1=C(C)NC2=C(C(=O)C[C@H](c3cccs3)C2)[C@@H]1c1cc2c(cc1Br)OCO2. The first-order valence-electron chi connectivity index (χ1n) is 9.92. The third-order valence-electron chi connectivity index (χ3n) is 5.98. The third-order valence-corrected chi connectivity index (χ3v) is 7.70. The van der Waals surface area contributed by atoms with Crippen LogP contribution >= 0.6 is 27.3 Å². The number of ether oxygens (including phenoxy) is 3. The first-order chi connectivity index (χ1) is 15.0. The van der Waals surface area contributed by atoms with Crippen LogP contribution in [0, 0.1) is 0 Å². The van der Waals surface area contributed by atoms with Crippen molar-refractivity contribution >= 4 is 39.0 Å². The molecule has 0 fully saturated rings. The number of Topliss-reactive ketones (excluding diaryl/α,β-unsaturated/α-hetero) is 1. The monoisotopic (exact) mass is 501 g/mol. The lowest BCUT2D eigenvalue weighted by atomic mass is 9.72. The van der Waals surface area contributed by atoms with Crippen molar-refractivity contribution in [2.45, 2.75) is 31.6 Å². The Balaban J connectivity index is 1.66. The van der Waals surface area contributed by atoms with Crippen molar-refractivity contribution in [1.29, 1.82) is 0 Å². The Hall–Kier alpha value is -2.58. The molecule has 0 amide bonds. The number of allylic oxidation sites excluding steroid dienone is 3. The Morgan fingerprint density at radius 1 is 1.26 bits per heavy atom. The number of nitrogens with one attached hydrogen (secondary N) is 1. The molecule has 1 N–H and O–H groups in total. The molecule has 5 rings (SSSR count). The van der Waals surface area contributed by atoms with Crippen LogP contribution in [-0.4, -0.2) is 25.7 Å². The lowest BCUT2D eigenvalue weighted by Gasteiger charge is -2.36. The Morgan fingerprint density at radius 3 is 2.74 bits per heavy atom. The number of halogens is 1. The van der Waals surface area contributed by atoms with Crippen molar-refractivity contribution < 1.29 is 23.8 Å². The lowest BCUT2D eigenvalue weighted by molar-refractivity contribution is -0.136. The van der Waals surface area contributed by atoms with Crippen LogP contribution < -0.4 is 14.8 Å². The highest BCUT2D eigenvalue weighted by Gasteiger charge is 2.42. The van der Waals surface area contributed by atoms with Crippen molar-refractivity contribution in [3.63, 3.8) is 0 Å². The summed E-state index contributed by atoms with van der Waals surface area (Å²) in [6, 6.07) is 7.76. The van der Waals surface area contributed by atoms with Crippen LogP contribution in [0.2, 0.25) is 0 Å². The van der Waals surface area contributed by atoms with Crippen LogP contribution in [0.1, 0.15) is 42.0 Å². The molecule has 0 saturated carbocycles. The molecule has 1 aromatic carbocycles. The number of benzene rings is 1. The van der Waals surface area contributed by atoms with Gasteiger partial charge in [0.05, 0.1) is 12.7 Å². The molecule has 160 valence electrons. The fraction of sp³-hybridized carbons (Fsp3) is 0.304. The van der Waals surface area contributed by atoms with E-state index < -0.39 is 11.9 Å². The molecule has 8 heteroatoms. The number of ketones is 1. The van der Waals surface area contributed by atoms with Gasteiger partial charge in [-0.2, -0.15) is 0 Å². The minimum absolute atomic E-state index is 0.0376. The molecule has 6 nitrogen and oxygen atoms in total. The second-order valence-electron chi connectivity index (χ2n) is 7.75. The Labute approximate surface area is 192 Å². The topological polar surface area (TPSA) is 73.9 Å². The molecule has 2 aliphatic heterocycles. The highest BCUT2D eigenvalue weighted by Crippen LogP contribution is 2.49. The van der Waals surface area contributed by atoms with Gasteiger partial charge < -0.3 is 19.5 Å². The molecule has 0 spiro atoms. The van der Waals surface area contributed by atoms with Crippen molar-refractivity contribution in [2.24, 2.45) is 0 Å². The Bertz CT molecular complexity index is 1150. The molecular weight excluding hydrogens is 482 g/mol. The molecule has 0 radical (unpaired) electrons. The van der Waals surface area contributed by atoms with Gasteiger partial charge in [0, 0.05) is 44.6 Å². The average Bonchev–Trinajstić information content (AvgIpc) is 3.43. The largest absolute Gasteiger partial charge is 0.466 e. The number of methoxy groups -OCH3 is 1. The second-order valence-corrected chi connectivity index (χ2v) is 9.58. The molecule has 1 aliphatic carbocycles. The maximum Gasteiger partial charge on any atom is 0.336 e. The number of dihydropyridines is 1. The summed E-state index contributed by atoms with van der Waals surface area (Å²) in [6.07, 6.45) is 1.12. The number of thiophene rings is 1. The maximum absolute atomic E-state index is 13.5. The third kappa shape index (κ3) is 3.38. The normalized spacial score (nSPS) is 22.4. The molecule has 31 heavy (non-hydrogen) atoms. The van der Waals surface area contributed by atoms with E-state index >= 15 is 0 Å². The van der Waals surface area contributed by atoms with Crippen LogP contribution in [0.25, 0.3) is 0 Å². The number of fused-ring (bicyclic) bond motifs is 1. The minimum atomic E-state index is -0.552. The smallest absolute Gasteiger partial charge is 0.336 e. The number of hydrogen-bond donors (Lipinski definition) is 1. The molecular formula is C23H20BrNO5S. The summed E-state index contributed by atoms with van der Waals surface area (Å²) in [5.41, 5.74) is 3.40. The maximum atomic E-state index is 13.5. The zero-order valence-corrected chi connectivity index (χ0v) is 19.4. The van der Waals surface area contributed by atoms with Gasteiger partial charge in [0.25, 0.3) is 0 Å². The van der Waals surface area contributed by atoms with Crippen molar-refractivity contribution in [1.82, 2.24) is 5.32 Å². The second kappa shape index (κ2) is 7.84. The highest BCUT2D eigenvalue weighted by atomic mass is 79.9. The van der Waals surface area contributed by atoms with Gasteiger partial charge in [-0.3, -0.25) is 4.79 Å². The summed E-state index contributed by atoms with van der Waals surface area (Å²) in [6.45, 7) is 1.99. The number of hydrogen-bond acceptors (Lipinski definition) is 7. The van der Waals surface area contributed by atoms with Gasteiger partial charge in [-0.05, 0) is 42.5 Å². The first-order valence-corrected chi connectivity index (χ1v) is 11.6. The van der Waals surface area contributed by atoms with E-state index in [0.29, 0.717) is 41.2 Å². The summed E-state index contributed by atoms with van der Waals surface area (Å²) in [4.78, 5) is 27.5. The highest BCUT2D eigenvalue weighted by molar-refractivity contribution is 9.10. The van der Waals surface area contributed by atoms with E-state index in [1.807, 2.05) is 30.5 Å². The quantitative estimate of drug-likeness (QED) is 0.610. The van der Waals surface area contributed by atoms with Gasteiger partial charge in [0.2, 0.25) is 6.79 Å². The van der Waals surface area contributed by atoms with Gasteiger partial charge >= 0.3 is 5.97 Å². The van der Waals surface area contributed by atoms with E-state index in [4.69, 9.17) is 14.2 Å². The summed E-state index contributed by atoms with van der Waals surface area (Å²) >= 11 is 5.29. The molecule has 3 aliphatic rings. The van der Waals surface area contributed by atoms with E-state index in [-0.39, 0.29) is 18.5 Å². The lowest BCUT2D eigenvalue weighted by Crippen LogP contribution is -2.36. The van der Waals surface area contributed by atoms with Gasteiger partial charge in [0.1, 0.15) is 0 Å². The Morgan fingerprint density at radius 2 is 2.03 bits per heavy atom. The van der Waals surface area contributed by atoms with Crippen LogP contribution in [0.3, 0.4) is 0 Å². The van der Waals surface area contributed by atoms with Crippen molar-refractivity contribution in [2.75, 3.05) is 13.9 Å². The number of rotatable bonds is 3. The minimum Gasteiger partial charge on any atom is -0.466 e. The summed E-state index contributed by atoms with van der Waals surface area (Å²) in [5.74, 6) is 0.388. The van der Waals surface area contributed by atoms with E-state index in [1.54, 1.807) is 11.3 Å². The van der Waals surface area contributed by atoms with E-state index in [1.165, 1.54) is 12.0 Å². The Kier molecular flexibility index (Phi) is 5.14. The number of esters is 1. The predicted molar refractivity (Wildman–Crippen MR) is 119 cm³/mol. The number of carbonyl (C=O) groups is 2. The zero-order chi connectivity index (χ0) is 21.7. The van der Waals surface area contributed by atoms with Crippen LogP contribution in [0.15, 0.2) is 56.7 Å². The van der Waals surface area contributed by atoms with Crippen LogP contribution in [0.4, 0.5) is 0 Å². The molecule has 0 unspecified atom stereocenters. The summed E-state index contributed by atoms with van der Waals surface area (Å²) in [7, 11) is 1.35. The van der Waals surface area contributed by atoms with E-state index in [9.17, 15) is 9.59 Å². The van der Waals surface area contributed by atoms with Gasteiger partial charge in [0.15, 0.2) is 17.3 Å². The standard InChI is InChI=1S/C23H20BrNO5S/c1-11-20(23(27)28-2)21(13-8-17-18(9-14(13)24)30-10-29-17)22-15(25-11)6-12(7-16(22)26)19-4-3-5-31-19/h3-5,8-9,12,21,25H,6-7,10H2,1-2H3/t12-,21-/m1/s1. The molecule has 0 saturated heterocycles. The molecule has 0 bridgehead atoms. The van der Waals surface area contributed by atoms with Gasteiger partial charge in [-0.25, -0.2) is 4.79 Å². The van der Waals surface area contributed by atoms with Crippen LogP contribution in [-0.2, 0) is 14.3 Å². The predicted octanol–water partition coefficient (Wildman–Crippen LogP) is 4.77.